The van der Waals surface area contributed by atoms with Gasteiger partial charge in [0.05, 0.1) is 38.4 Å². The number of halogens is 2. The lowest BCUT2D eigenvalue weighted by molar-refractivity contribution is -0.136. The summed E-state index contributed by atoms with van der Waals surface area (Å²) in [7, 11) is 1.32. The summed E-state index contributed by atoms with van der Waals surface area (Å²) in [5, 5.41) is 10.1. The molecule has 1 aliphatic heterocycles. The zero-order valence-corrected chi connectivity index (χ0v) is 20.3. The standard InChI is InChI=1S/C23H18BrClN2O4S/c1-3-16-18(22(30)31-2)19(13-7-5-4-6-8-13)27-21(29)17(32-23(27)26-16)11-12-9-14(24)20(28)15(25)10-12/h4-11,19,28H,3H2,1-2H3/b17-11-/t19-/m1/s1. The van der Waals surface area contributed by atoms with Crippen LogP contribution in [0.5, 0.6) is 5.75 Å². The second-order valence-corrected chi connectivity index (χ2v) is 9.30. The van der Waals surface area contributed by atoms with Gasteiger partial charge in [0.2, 0.25) is 0 Å². The van der Waals surface area contributed by atoms with Gasteiger partial charge >= 0.3 is 5.97 Å². The highest BCUT2D eigenvalue weighted by Crippen LogP contribution is 2.34. The predicted octanol–water partition coefficient (Wildman–Crippen LogP) is 3.92. The van der Waals surface area contributed by atoms with Crippen molar-refractivity contribution in [2.75, 3.05) is 7.11 Å². The molecule has 0 radical (unpaired) electrons. The van der Waals surface area contributed by atoms with Gasteiger partial charge in [-0.1, -0.05) is 60.2 Å². The Hall–Kier alpha value is -2.68. The quantitative estimate of drug-likeness (QED) is 0.516. The summed E-state index contributed by atoms with van der Waals surface area (Å²) in [5.41, 5.74) is 2.10. The van der Waals surface area contributed by atoms with Crippen LogP contribution < -0.4 is 14.9 Å². The number of hydrogen-bond donors (Lipinski definition) is 1. The number of phenols is 1. The largest absolute Gasteiger partial charge is 0.505 e. The molecule has 1 aliphatic rings. The maximum absolute atomic E-state index is 13.5. The van der Waals surface area contributed by atoms with Gasteiger partial charge < -0.3 is 9.84 Å². The third-order valence-corrected chi connectivity index (χ3v) is 6.98. The highest BCUT2D eigenvalue weighted by Gasteiger charge is 2.33. The SMILES string of the molecule is CCC1=C(C(=O)OC)[C@@H](c2ccccc2)n2c(s/c(=C\c3cc(Cl)c(O)c(Br)c3)c2=O)=N1. The third-order valence-electron chi connectivity index (χ3n) is 5.10. The second kappa shape index (κ2) is 9.05. The van der Waals surface area contributed by atoms with E-state index in [2.05, 4.69) is 20.9 Å². The van der Waals surface area contributed by atoms with Gasteiger partial charge in [-0.05, 0) is 51.7 Å². The van der Waals surface area contributed by atoms with Crippen LogP contribution in [0.4, 0.5) is 0 Å². The Bertz CT molecular complexity index is 1400. The van der Waals surface area contributed by atoms with E-state index >= 15 is 0 Å². The number of allylic oxidation sites excluding steroid dienone is 1. The molecule has 4 rings (SSSR count). The minimum absolute atomic E-state index is 0.0651. The van der Waals surface area contributed by atoms with Crippen molar-refractivity contribution in [1.82, 2.24) is 4.57 Å². The van der Waals surface area contributed by atoms with Crippen LogP contribution in [0.3, 0.4) is 0 Å². The van der Waals surface area contributed by atoms with Crippen molar-refractivity contribution < 1.29 is 14.6 Å². The van der Waals surface area contributed by atoms with Crippen molar-refractivity contribution >= 4 is 50.9 Å². The molecule has 0 spiro atoms. The number of methoxy groups -OCH3 is 1. The summed E-state index contributed by atoms with van der Waals surface area (Å²) >= 11 is 10.6. The van der Waals surface area contributed by atoms with Crippen molar-refractivity contribution in [2.45, 2.75) is 19.4 Å². The van der Waals surface area contributed by atoms with E-state index in [1.165, 1.54) is 23.0 Å². The second-order valence-electron chi connectivity index (χ2n) is 7.03. The predicted molar refractivity (Wildman–Crippen MR) is 128 cm³/mol. The number of rotatable bonds is 4. The summed E-state index contributed by atoms with van der Waals surface area (Å²) in [4.78, 5) is 31.4. The summed E-state index contributed by atoms with van der Waals surface area (Å²) in [6, 6.07) is 12.0. The van der Waals surface area contributed by atoms with Crippen LogP contribution in [0.1, 0.15) is 30.5 Å². The van der Waals surface area contributed by atoms with Crippen LogP contribution in [0.2, 0.25) is 5.02 Å². The van der Waals surface area contributed by atoms with E-state index < -0.39 is 12.0 Å². The molecule has 0 saturated heterocycles. The molecule has 0 saturated carbocycles. The minimum Gasteiger partial charge on any atom is -0.505 e. The molecule has 32 heavy (non-hydrogen) atoms. The van der Waals surface area contributed by atoms with Gasteiger partial charge in [0.25, 0.3) is 5.56 Å². The van der Waals surface area contributed by atoms with Gasteiger partial charge in [-0.2, -0.15) is 0 Å². The van der Waals surface area contributed by atoms with E-state index in [4.69, 9.17) is 16.3 Å². The molecule has 0 bridgehead atoms. The summed E-state index contributed by atoms with van der Waals surface area (Å²) < 4.78 is 7.44. The first-order chi connectivity index (χ1) is 15.3. The van der Waals surface area contributed by atoms with Crippen molar-refractivity contribution in [2.24, 2.45) is 4.99 Å². The number of carbonyl (C=O) groups excluding carboxylic acids is 1. The van der Waals surface area contributed by atoms with Gasteiger partial charge in [0.1, 0.15) is 5.75 Å². The molecular formula is C23H18BrClN2O4S. The number of esters is 1. The lowest BCUT2D eigenvalue weighted by atomic mass is 9.95. The molecule has 0 aliphatic carbocycles. The maximum atomic E-state index is 13.5. The molecule has 0 amide bonds. The lowest BCUT2D eigenvalue weighted by Gasteiger charge is -2.25. The fourth-order valence-corrected chi connectivity index (χ4v) is 5.47. The first kappa shape index (κ1) is 22.5. The van der Waals surface area contributed by atoms with Crippen LogP contribution in [0.25, 0.3) is 6.08 Å². The molecule has 0 unspecified atom stereocenters. The minimum atomic E-state index is -0.646. The number of benzene rings is 2. The summed E-state index contributed by atoms with van der Waals surface area (Å²) in [6.07, 6.45) is 2.20. The Kier molecular flexibility index (Phi) is 6.37. The molecule has 6 nitrogen and oxygen atoms in total. The van der Waals surface area contributed by atoms with E-state index in [0.717, 1.165) is 5.56 Å². The number of thiazole rings is 1. The van der Waals surface area contributed by atoms with Crippen LogP contribution in [-0.4, -0.2) is 22.8 Å². The van der Waals surface area contributed by atoms with Gasteiger partial charge in [0, 0.05) is 0 Å². The maximum Gasteiger partial charge on any atom is 0.338 e. The number of aromatic nitrogens is 1. The Morgan fingerprint density at radius 3 is 2.69 bits per heavy atom. The van der Waals surface area contributed by atoms with Crippen LogP contribution >= 0.6 is 38.9 Å². The van der Waals surface area contributed by atoms with Crippen molar-refractivity contribution in [3.63, 3.8) is 0 Å². The molecule has 0 fully saturated rings. The highest BCUT2D eigenvalue weighted by atomic mass is 79.9. The van der Waals surface area contributed by atoms with E-state index in [1.807, 2.05) is 37.3 Å². The Morgan fingerprint density at radius 1 is 1.34 bits per heavy atom. The van der Waals surface area contributed by atoms with E-state index in [0.29, 0.717) is 37.1 Å². The van der Waals surface area contributed by atoms with Gasteiger partial charge in [-0.15, -0.1) is 0 Å². The Balaban J connectivity index is 2.00. The average Bonchev–Trinajstić information content (AvgIpc) is 3.10. The third kappa shape index (κ3) is 3.94. The van der Waals surface area contributed by atoms with Gasteiger partial charge in [-0.25, -0.2) is 9.79 Å². The zero-order valence-electron chi connectivity index (χ0n) is 17.1. The van der Waals surface area contributed by atoms with E-state index in [1.54, 1.807) is 18.2 Å². The summed E-state index contributed by atoms with van der Waals surface area (Å²) in [6.45, 7) is 1.91. The zero-order chi connectivity index (χ0) is 23.0. The molecule has 1 aromatic heterocycles. The smallest absolute Gasteiger partial charge is 0.338 e. The monoisotopic (exact) mass is 532 g/mol. The normalized spacial score (nSPS) is 16.0. The van der Waals surface area contributed by atoms with E-state index in [9.17, 15) is 14.7 Å². The van der Waals surface area contributed by atoms with Crippen molar-refractivity contribution in [3.8, 4) is 5.75 Å². The fraction of sp³-hybridized carbons (Fsp3) is 0.174. The molecule has 3 aromatic rings. The van der Waals surface area contributed by atoms with Gasteiger partial charge in [-0.3, -0.25) is 9.36 Å². The Morgan fingerprint density at radius 2 is 2.06 bits per heavy atom. The highest BCUT2D eigenvalue weighted by molar-refractivity contribution is 9.10. The fourth-order valence-electron chi connectivity index (χ4n) is 3.63. The molecule has 1 N–H and O–H groups in total. The number of hydrogen-bond acceptors (Lipinski definition) is 6. The number of nitrogens with zero attached hydrogens (tertiary/aromatic N) is 2. The Labute approximate surface area is 200 Å². The topological polar surface area (TPSA) is 80.9 Å². The van der Waals surface area contributed by atoms with Crippen LogP contribution in [0.15, 0.2) is 68.0 Å². The number of ether oxygens (including phenoxy) is 1. The number of fused-ring (bicyclic) bond motifs is 1. The molecule has 2 heterocycles. The summed E-state index contributed by atoms with van der Waals surface area (Å²) in [5.74, 6) is -0.576. The molecule has 2 aromatic carbocycles. The number of carbonyl (C=O) groups is 1. The van der Waals surface area contributed by atoms with Gasteiger partial charge in [0.15, 0.2) is 4.80 Å². The molecule has 164 valence electrons. The first-order valence-corrected chi connectivity index (χ1v) is 11.7. The first-order valence-electron chi connectivity index (χ1n) is 9.71. The van der Waals surface area contributed by atoms with E-state index in [-0.39, 0.29) is 16.3 Å². The lowest BCUT2D eigenvalue weighted by Crippen LogP contribution is -2.40. The molecule has 9 heteroatoms. The van der Waals surface area contributed by atoms with Crippen molar-refractivity contribution in [1.29, 1.82) is 0 Å². The molecular weight excluding hydrogens is 516 g/mol. The number of phenolic OH excluding ortho intramolecular Hbond substituents is 1. The van der Waals surface area contributed by atoms with Crippen molar-refractivity contribution in [3.05, 3.63) is 94.0 Å². The average molecular weight is 534 g/mol. The number of aromatic hydroxyl groups is 1. The van der Waals surface area contributed by atoms with Crippen LogP contribution in [0, 0.1) is 0 Å². The van der Waals surface area contributed by atoms with Crippen LogP contribution in [-0.2, 0) is 9.53 Å². The molecule has 1 atom stereocenters.